The summed E-state index contributed by atoms with van der Waals surface area (Å²) < 4.78 is 0. The number of pyridine rings is 1. The van der Waals surface area contributed by atoms with E-state index in [1.165, 1.54) is 6.20 Å². The Bertz CT molecular complexity index is 463. The van der Waals surface area contributed by atoms with Crippen molar-refractivity contribution in [3.8, 4) is 0 Å². The van der Waals surface area contributed by atoms with Gasteiger partial charge in [-0.15, -0.1) is 0 Å². The van der Waals surface area contributed by atoms with E-state index < -0.39 is 0 Å². The van der Waals surface area contributed by atoms with Crippen LogP contribution in [0.2, 0.25) is 0 Å². The lowest BCUT2D eigenvalue weighted by atomic mass is 9.97. The van der Waals surface area contributed by atoms with Crippen LogP contribution in [0, 0.1) is 5.92 Å². The van der Waals surface area contributed by atoms with E-state index >= 15 is 0 Å². The van der Waals surface area contributed by atoms with Gasteiger partial charge in [-0.25, -0.2) is 0 Å². The number of aromatic amines is 1. The Labute approximate surface area is 106 Å². The molecule has 1 aromatic rings. The van der Waals surface area contributed by atoms with Crippen LogP contribution in [0.1, 0.15) is 23.2 Å². The van der Waals surface area contributed by atoms with Crippen LogP contribution >= 0.6 is 0 Å². The Balaban J connectivity index is 2.00. The molecule has 0 radical (unpaired) electrons. The molecule has 2 heterocycles. The molecule has 0 bridgehead atoms. The summed E-state index contributed by atoms with van der Waals surface area (Å²) in [6.45, 7) is 2.74. The van der Waals surface area contributed by atoms with E-state index in [9.17, 15) is 9.59 Å². The highest BCUT2D eigenvalue weighted by Gasteiger charge is 2.20. The molecule has 2 N–H and O–H groups in total. The molecule has 5 heteroatoms. The number of nitrogens with one attached hydrogen (secondary N) is 2. The van der Waals surface area contributed by atoms with E-state index in [0.717, 1.165) is 32.5 Å². The maximum atomic E-state index is 12.1. The zero-order chi connectivity index (χ0) is 13.0. The summed E-state index contributed by atoms with van der Waals surface area (Å²) >= 11 is 0. The SMILES string of the molecule is CN(CC1CCNCC1)C(=O)c1ccc[nH]c1=O. The van der Waals surface area contributed by atoms with Crippen LogP contribution in [0.4, 0.5) is 0 Å². The maximum absolute atomic E-state index is 12.1. The fourth-order valence-electron chi connectivity index (χ4n) is 2.33. The molecule has 5 nitrogen and oxygen atoms in total. The van der Waals surface area contributed by atoms with Gasteiger partial charge in [0.25, 0.3) is 11.5 Å². The van der Waals surface area contributed by atoms with Gasteiger partial charge in [0.2, 0.25) is 0 Å². The lowest BCUT2D eigenvalue weighted by Gasteiger charge is -2.27. The number of amides is 1. The molecule has 98 valence electrons. The van der Waals surface area contributed by atoms with Crippen LogP contribution in [-0.4, -0.2) is 42.5 Å². The van der Waals surface area contributed by atoms with Crippen molar-refractivity contribution in [2.24, 2.45) is 5.92 Å². The molecule has 1 aromatic heterocycles. The highest BCUT2D eigenvalue weighted by molar-refractivity contribution is 5.93. The molecular weight excluding hydrogens is 230 g/mol. The highest BCUT2D eigenvalue weighted by atomic mass is 16.2. The zero-order valence-electron chi connectivity index (χ0n) is 10.6. The van der Waals surface area contributed by atoms with Gasteiger partial charge >= 0.3 is 0 Å². The summed E-state index contributed by atoms with van der Waals surface area (Å²) in [5.74, 6) is 0.332. The molecule has 0 spiro atoms. The van der Waals surface area contributed by atoms with Gasteiger partial charge in [0.15, 0.2) is 0 Å². The van der Waals surface area contributed by atoms with E-state index in [1.54, 1.807) is 24.1 Å². The van der Waals surface area contributed by atoms with Crippen molar-refractivity contribution in [1.82, 2.24) is 15.2 Å². The fraction of sp³-hybridized carbons (Fsp3) is 0.538. The molecule has 1 fully saturated rings. The van der Waals surface area contributed by atoms with Crippen LogP contribution < -0.4 is 10.9 Å². The van der Waals surface area contributed by atoms with Gasteiger partial charge in [-0.05, 0) is 44.0 Å². The second-order valence-electron chi connectivity index (χ2n) is 4.79. The van der Waals surface area contributed by atoms with Gasteiger partial charge in [0.1, 0.15) is 5.56 Å². The van der Waals surface area contributed by atoms with Crippen molar-refractivity contribution in [2.75, 3.05) is 26.7 Å². The smallest absolute Gasteiger partial charge is 0.260 e. The molecule has 18 heavy (non-hydrogen) atoms. The number of piperidine rings is 1. The van der Waals surface area contributed by atoms with Crippen LogP contribution in [0.15, 0.2) is 23.1 Å². The second kappa shape index (κ2) is 5.82. The summed E-state index contributed by atoms with van der Waals surface area (Å²) in [6, 6.07) is 3.24. The molecule has 0 atom stereocenters. The molecule has 0 aromatic carbocycles. The number of H-pyrrole nitrogens is 1. The molecule has 0 saturated carbocycles. The summed E-state index contributed by atoms with van der Waals surface area (Å²) in [5.41, 5.74) is -0.103. The van der Waals surface area contributed by atoms with E-state index in [1.807, 2.05) is 0 Å². The van der Waals surface area contributed by atoms with Crippen molar-refractivity contribution in [1.29, 1.82) is 0 Å². The standard InChI is InChI=1S/C13H19N3O2/c1-16(9-10-4-7-14-8-5-10)13(18)11-3-2-6-15-12(11)17/h2-3,6,10,14H,4-5,7-9H2,1H3,(H,15,17). The van der Waals surface area contributed by atoms with Gasteiger partial charge in [0.05, 0.1) is 0 Å². The largest absolute Gasteiger partial charge is 0.341 e. The van der Waals surface area contributed by atoms with Crippen LogP contribution in [0.5, 0.6) is 0 Å². The molecule has 1 aliphatic heterocycles. The summed E-state index contributed by atoms with van der Waals surface area (Å²) in [7, 11) is 1.76. The van der Waals surface area contributed by atoms with E-state index in [2.05, 4.69) is 10.3 Å². The third-order valence-electron chi connectivity index (χ3n) is 3.39. The number of hydrogen-bond donors (Lipinski definition) is 2. The predicted octanol–water partition coefficient (Wildman–Crippen LogP) is 0.446. The number of aromatic nitrogens is 1. The minimum Gasteiger partial charge on any atom is -0.341 e. The number of carbonyl (C=O) groups excluding carboxylic acids is 1. The third kappa shape index (κ3) is 2.98. The minimum absolute atomic E-state index is 0.199. The fourth-order valence-corrected chi connectivity index (χ4v) is 2.33. The number of rotatable bonds is 3. The average molecular weight is 249 g/mol. The lowest BCUT2D eigenvalue weighted by molar-refractivity contribution is 0.0761. The zero-order valence-corrected chi connectivity index (χ0v) is 10.6. The first-order valence-corrected chi connectivity index (χ1v) is 6.32. The highest BCUT2D eigenvalue weighted by Crippen LogP contribution is 2.13. The average Bonchev–Trinajstić information content (AvgIpc) is 2.39. The topological polar surface area (TPSA) is 65.2 Å². The van der Waals surface area contributed by atoms with Crippen molar-refractivity contribution >= 4 is 5.91 Å². The summed E-state index contributed by atoms with van der Waals surface area (Å²) in [4.78, 5) is 27.9. The van der Waals surface area contributed by atoms with Gasteiger partial charge in [-0.2, -0.15) is 0 Å². The van der Waals surface area contributed by atoms with E-state index in [0.29, 0.717) is 5.92 Å². The van der Waals surface area contributed by atoms with E-state index in [4.69, 9.17) is 0 Å². The molecule has 0 unspecified atom stereocenters. The molecular formula is C13H19N3O2. The van der Waals surface area contributed by atoms with Gasteiger partial charge in [-0.3, -0.25) is 9.59 Å². The van der Waals surface area contributed by atoms with Crippen LogP contribution in [-0.2, 0) is 0 Å². The Morgan fingerprint density at radius 2 is 2.17 bits per heavy atom. The first kappa shape index (κ1) is 12.8. The van der Waals surface area contributed by atoms with Gasteiger partial charge in [-0.1, -0.05) is 0 Å². The summed E-state index contributed by atoms with van der Waals surface area (Å²) in [5, 5.41) is 3.30. The first-order chi connectivity index (χ1) is 8.68. The lowest BCUT2D eigenvalue weighted by Crippen LogP contribution is -2.38. The Morgan fingerprint density at radius 3 is 2.83 bits per heavy atom. The predicted molar refractivity (Wildman–Crippen MR) is 69.6 cm³/mol. The molecule has 1 aliphatic rings. The van der Waals surface area contributed by atoms with Crippen molar-refractivity contribution in [3.63, 3.8) is 0 Å². The molecule has 2 rings (SSSR count). The molecule has 1 amide bonds. The van der Waals surface area contributed by atoms with E-state index in [-0.39, 0.29) is 17.0 Å². The van der Waals surface area contributed by atoms with Gasteiger partial charge < -0.3 is 15.2 Å². The first-order valence-electron chi connectivity index (χ1n) is 6.32. The maximum Gasteiger partial charge on any atom is 0.260 e. The quantitative estimate of drug-likeness (QED) is 0.817. The third-order valence-corrected chi connectivity index (χ3v) is 3.39. The van der Waals surface area contributed by atoms with Crippen LogP contribution in [0.3, 0.4) is 0 Å². The number of carbonyl (C=O) groups is 1. The normalized spacial score (nSPS) is 16.5. The van der Waals surface area contributed by atoms with Crippen molar-refractivity contribution < 1.29 is 4.79 Å². The number of nitrogens with zero attached hydrogens (tertiary/aromatic N) is 1. The minimum atomic E-state index is -0.320. The number of hydrogen-bond acceptors (Lipinski definition) is 3. The Hall–Kier alpha value is -1.62. The van der Waals surface area contributed by atoms with Crippen molar-refractivity contribution in [2.45, 2.75) is 12.8 Å². The monoisotopic (exact) mass is 249 g/mol. The van der Waals surface area contributed by atoms with Gasteiger partial charge in [0, 0.05) is 19.8 Å². The molecule has 0 aliphatic carbocycles. The molecule has 1 saturated heterocycles. The second-order valence-corrected chi connectivity index (χ2v) is 4.79. The Morgan fingerprint density at radius 1 is 1.44 bits per heavy atom. The summed E-state index contributed by atoms with van der Waals surface area (Å²) in [6.07, 6.45) is 3.71. The Kier molecular flexibility index (Phi) is 4.15. The van der Waals surface area contributed by atoms with Crippen molar-refractivity contribution in [3.05, 3.63) is 34.2 Å². The van der Waals surface area contributed by atoms with Crippen LogP contribution in [0.25, 0.3) is 0 Å².